The normalized spacial score (nSPS) is 14.1. The van der Waals surface area contributed by atoms with E-state index in [0.717, 1.165) is 6.42 Å². The van der Waals surface area contributed by atoms with Gasteiger partial charge in [-0.15, -0.1) is 0 Å². The zero-order chi connectivity index (χ0) is 15.1. The van der Waals surface area contributed by atoms with Gasteiger partial charge in [-0.1, -0.05) is 67.6 Å². The molecule has 0 radical (unpaired) electrons. The molecule has 2 heteroatoms. The molecule has 0 saturated heterocycles. The van der Waals surface area contributed by atoms with Gasteiger partial charge in [0.1, 0.15) is 0 Å². The lowest BCUT2D eigenvalue weighted by molar-refractivity contribution is 0.226. The van der Waals surface area contributed by atoms with Crippen molar-refractivity contribution in [3.63, 3.8) is 0 Å². The van der Waals surface area contributed by atoms with Crippen molar-refractivity contribution in [3.05, 3.63) is 71.8 Å². The summed E-state index contributed by atoms with van der Waals surface area (Å²) >= 11 is 0. The molecule has 0 aromatic heterocycles. The Labute approximate surface area is 127 Å². The average molecular weight is 283 g/mol. The SMILES string of the molecule is CC[C@H](CO)NC(C)C(c1ccccc1)c1ccccc1. The van der Waals surface area contributed by atoms with Crippen LogP contribution in [0.3, 0.4) is 0 Å². The molecule has 2 aromatic rings. The van der Waals surface area contributed by atoms with Crippen molar-refractivity contribution >= 4 is 0 Å². The molecule has 0 aliphatic rings. The molecule has 0 spiro atoms. The fourth-order valence-electron chi connectivity index (χ4n) is 2.86. The predicted octanol–water partition coefficient (Wildman–Crippen LogP) is 3.57. The van der Waals surface area contributed by atoms with Crippen LogP contribution in [0.25, 0.3) is 0 Å². The van der Waals surface area contributed by atoms with Crippen LogP contribution in [-0.4, -0.2) is 23.8 Å². The first-order valence-electron chi connectivity index (χ1n) is 7.73. The van der Waals surface area contributed by atoms with E-state index in [1.54, 1.807) is 0 Å². The predicted molar refractivity (Wildman–Crippen MR) is 88.5 cm³/mol. The summed E-state index contributed by atoms with van der Waals surface area (Å²) in [4.78, 5) is 0. The quantitative estimate of drug-likeness (QED) is 0.814. The fraction of sp³-hybridized carbons (Fsp3) is 0.368. The fourth-order valence-corrected chi connectivity index (χ4v) is 2.86. The average Bonchev–Trinajstić information content (AvgIpc) is 2.55. The molecule has 112 valence electrons. The second kappa shape index (κ2) is 7.96. The molecule has 2 nitrogen and oxygen atoms in total. The van der Waals surface area contributed by atoms with Gasteiger partial charge in [0.25, 0.3) is 0 Å². The van der Waals surface area contributed by atoms with E-state index in [9.17, 15) is 5.11 Å². The molecule has 2 atom stereocenters. The van der Waals surface area contributed by atoms with Crippen molar-refractivity contribution in [1.29, 1.82) is 0 Å². The first kappa shape index (κ1) is 15.7. The minimum absolute atomic E-state index is 0.148. The Hall–Kier alpha value is -1.64. The van der Waals surface area contributed by atoms with Crippen molar-refractivity contribution in [2.24, 2.45) is 0 Å². The molecule has 2 aromatic carbocycles. The summed E-state index contributed by atoms with van der Waals surface area (Å²) in [6, 6.07) is 21.5. The molecule has 0 saturated carbocycles. The van der Waals surface area contributed by atoms with Crippen molar-refractivity contribution in [3.8, 4) is 0 Å². The first-order chi connectivity index (χ1) is 10.3. The summed E-state index contributed by atoms with van der Waals surface area (Å²) < 4.78 is 0. The summed E-state index contributed by atoms with van der Waals surface area (Å²) in [5.41, 5.74) is 2.60. The zero-order valence-corrected chi connectivity index (χ0v) is 12.9. The van der Waals surface area contributed by atoms with Crippen LogP contribution in [0.15, 0.2) is 60.7 Å². The maximum Gasteiger partial charge on any atom is 0.0584 e. The van der Waals surface area contributed by atoms with Gasteiger partial charge in [0, 0.05) is 18.0 Å². The van der Waals surface area contributed by atoms with Gasteiger partial charge in [-0.3, -0.25) is 0 Å². The molecule has 2 N–H and O–H groups in total. The summed E-state index contributed by atoms with van der Waals surface area (Å²) in [6.07, 6.45) is 0.928. The number of hydrogen-bond donors (Lipinski definition) is 2. The van der Waals surface area contributed by atoms with Crippen LogP contribution in [0.5, 0.6) is 0 Å². The molecule has 2 rings (SSSR count). The van der Waals surface area contributed by atoms with Crippen molar-refractivity contribution in [1.82, 2.24) is 5.32 Å². The second-order valence-electron chi connectivity index (χ2n) is 5.54. The van der Waals surface area contributed by atoms with Gasteiger partial charge < -0.3 is 10.4 Å². The van der Waals surface area contributed by atoms with Crippen LogP contribution in [0.4, 0.5) is 0 Å². The lowest BCUT2D eigenvalue weighted by Gasteiger charge is -2.29. The van der Waals surface area contributed by atoms with Crippen LogP contribution in [0, 0.1) is 0 Å². The third kappa shape index (κ3) is 4.16. The molecule has 0 heterocycles. The summed E-state index contributed by atoms with van der Waals surface area (Å²) in [7, 11) is 0. The van der Waals surface area contributed by atoms with E-state index in [4.69, 9.17) is 0 Å². The van der Waals surface area contributed by atoms with Crippen molar-refractivity contribution in [2.45, 2.75) is 38.3 Å². The van der Waals surface area contributed by atoms with Crippen LogP contribution in [-0.2, 0) is 0 Å². The standard InChI is InChI=1S/C19H25NO/c1-3-18(14-21)20-15(2)19(16-10-6-4-7-11-16)17-12-8-5-9-13-17/h4-13,15,18-21H,3,14H2,1-2H3/t15?,18-/m1/s1. The molecular weight excluding hydrogens is 258 g/mol. The summed E-state index contributed by atoms with van der Waals surface area (Å²) in [5, 5.41) is 13.0. The van der Waals surface area contributed by atoms with E-state index in [1.807, 2.05) is 12.1 Å². The van der Waals surface area contributed by atoms with E-state index in [-0.39, 0.29) is 24.6 Å². The van der Waals surface area contributed by atoms with E-state index in [1.165, 1.54) is 11.1 Å². The van der Waals surface area contributed by atoms with Gasteiger partial charge in [0.15, 0.2) is 0 Å². The smallest absolute Gasteiger partial charge is 0.0584 e. The van der Waals surface area contributed by atoms with Crippen LogP contribution >= 0.6 is 0 Å². The highest BCUT2D eigenvalue weighted by Crippen LogP contribution is 2.28. The third-order valence-electron chi connectivity index (χ3n) is 4.03. The number of nitrogens with one attached hydrogen (secondary N) is 1. The summed E-state index contributed by atoms with van der Waals surface area (Å²) in [5.74, 6) is 0.285. The van der Waals surface area contributed by atoms with E-state index >= 15 is 0 Å². The minimum atomic E-state index is 0.148. The van der Waals surface area contributed by atoms with Gasteiger partial charge >= 0.3 is 0 Å². The van der Waals surface area contributed by atoms with Crippen molar-refractivity contribution < 1.29 is 5.11 Å². The number of benzene rings is 2. The van der Waals surface area contributed by atoms with Gasteiger partial charge in [-0.2, -0.15) is 0 Å². The lowest BCUT2D eigenvalue weighted by Crippen LogP contribution is -2.42. The minimum Gasteiger partial charge on any atom is -0.395 e. The second-order valence-corrected chi connectivity index (χ2v) is 5.54. The zero-order valence-electron chi connectivity index (χ0n) is 12.9. The Morgan fingerprint density at radius 2 is 1.38 bits per heavy atom. The van der Waals surface area contributed by atoms with Crippen molar-refractivity contribution in [2.75, 3.05) is 6.61 Å². The monoisotopic (exact) mass is 283 g/mol. The Morgan fingerprint density at radius 3 is 1.76 bits per heavy atom. The van der Waals surface area contributed by atoms with Gasteiger partial charge in [-0.05, 0) is 24.5 Å². The molecule has 0 aliphatic heterocycles. The highest BCUT2D eigenvalue weighted by atomic mass is 16.3. The van der Waals surface area contributed by atoms with Gasteiger partial charge in [0.2, 0.25) is 0 Å². The van der Waals surface area contributed by atoms with Gasteiger partial charge in [-0.25, -0.2) is 0 Å². The van der Waals surface area contributed by atoms with E-state index in [2.05, 4.69) is 67.7 Å². The Bertz CT molecular complexity index is 468. The third-order valence-corrected chi connectivity index (χ3v) is 4.03. The number of hydrogen-bond acceptors (Lipinski definition) is 2. The molecule has 0 fully saturated rings. The number of aliphatic hydroxyl groups excluding tert-OH is 1. The molecule has 0 aliphatic carbocycles. The highest BCUT2D eigenvalue weighted by molar-refractivity contribution is 5.34. The molecule has 21 heavy (non-hydrogen) atoms. The highest BCUT2D eigenvalue weighted by Gasteiger charge is 2.22. The molecule has 1 unspecified atom stereocenters. The number of rotatable bonds is 7. The van der Waals surface area contributed by atoms with Gasteiger partial charge in [0.05, 0.1) is 6.61 Å². The van der Waals surface area contributed by atoms with Crippen LogP contribution < -0.4 is 5.32 Å². The van der Waals surface area contributed by atoms with Crippen LogP contribution in [0.1, 0.15) is 37.3 Å². The largest absolute Gasteiger partial charge is 0.395 e. The van der Waals surface area contributed by atoms with Crippen LogP contribution in [0.2, 0.25) is 0 Å². The Balaban J connectivity index is 2.28. The first-order valence-corrected chi connectivity index (χ1v) is 7.73. The maximum atomic E-state index is 9.44. The molecule has 0 amide bonds. The topological polar surface area (TPSA) is 32.3 Å². The number of aliphatic hydroxyl groups is 1. The van der Waals surface area contributed by atoms with E-state index < -0.39 is 0 Å². The molecular formula is C19H25NO. The lowest BCUT2D eigenvalue weighted by atomic mass is 9.85. The summed E-state index contributed by atoms with van der Waals surface area (Å²) in [6.45, 7) is 4.47. The Morgan fingerprint density at radius 1 is 0.905 bits per heavy atom. The molecule has 0 bridgehead atoms. The Kier molecular flexibility index (Phi) is 5.97. The van der Waals surface area contributed by atoms with E-state index in [0.29, 0.717) is 0 Å². The maximum absolute atomic E-state index is 9.44.